The van der Waals surface area contributed by atoms with Crippen LogP contribution >= 0.6 is 39.2 Å². The van der Waals surface area contributed by atoms with Crippen molar-refractivity contribution in [2.45, 2.75) is 0 Å². The summed E-state index contributed by atoms with van der Waals surface area (Å²) in [7, 11) is 9.92. The van der Waals surface area contributed by atoms with E-state index < -0.39 is 21.8 Å². The molecule has 2 N–H and O–H groups in total. The topological polar surface area (TPSA) is 26.0 Å². The third-order valence-electron chi connectivity index (χ3n) is 0. The molecular weight excluding hydrogens is 431 g/mol. The zero-order valence-corrected chi connectivity index (χ0v) is 10.5. The third kappa shape index (κ3) is 34.7. The number of halogens is 3. The summed E-state index contributed by atoms with van der Waals surface area (Å²) >= 11 is 1.09. The summed E-state index contributed by atoms with van der Waals surface area (Å²) in [5.41, 5.74) is 4.83. The molecule has 6 heavy (non-hydrogen) atoms. The van der Waals surface area contributed by atoms with Crippen molar-refractivity contribution >= 4 is 61.0 Å². The Hall–Kier alpha value is 2.19. The molecule has 0 saturated carbocycles. The van der Waals surface area contributed by atoms with E-state index in [0.29, 0.717) is 0 Å². The van der Waals surface area contributed by atoms with Crippen LogP contribution in [0.1, 0.15) is 0 Å². The van der Waals surface area contributed by atoms with Crippen molar-refractivity contribution < 1.29 is 0 Å². The molecule has 0 aliphatic carbocycles. The van der Waals surface area contributed by atoms with Gasteiger partial charge in [0.15, 0.2) is 0 Å². The van der Waals surface area contributed by atoms with E-state index in [4.69, 9.17) is 22.4 Å². The van der Waals surface area contributed by atoms with Gasteiger partial charge in [-0.1, -0.05) is 22.6 Å². The third-order valence-corrected chi connectivity index (χ3v) is 0. The molecule has 5 heteroatoms. The monoisotopic (exact) mass is 435 g/mol. The second kappa shape index (κ2) is 15.7. The zero-order valence-electron chi connectivity index (χ0n) is 2.92. The number of rotatable bonds is 0. The van der Waals surface area contributed by atoms with E-state index in [1.807, 2.05) is 0 Å². The Labute approximate surface area is 70.2 Å². The van der Waals surface area contributed by atoms with Gasteiger partial charge in [0, 0.05) is 4.55 Å². The summed E-state index contributed by atoms with van der Waals surface area (Å²) in [6.07, 6.45) is 0. The van der Waals surface area contributed by atoms with Crippen molar-refractivity contribution in [3.05, 3.63) is 0 Å². The van der Waals surface area contributed by atoms with Gasteiger partial charge in [0.25, 0.3) is 0 Å². The predicted molar refractivity (Wildman–Crippen MR) is 40.5 cm³/mol. The molecule has 0 amide bonds. The first-order chi connectivity index (χ1) is 2.83. The van der Waals surface area contributed by atoms with Crippen LogP contribution in [0.5, 0.6) is 0 Å². The second-order valence-corrected chi connectivity index (χ2v) is 6.68. The fraction of sp³-hybridized carbons (Fsp3) is 1.00. The van der Waals surface area contributed by atoms with Crippen LogP contribution in [0.15, 0.2) is 0 Å². The van der Waals surface area contributed by atoms with Gasteiger partial charge in [-0.3, -0.25) is 0 Å². The van der Waals surface area contributed by atoms with Crippen LogP contribution in [0.4, 0.5) is 0 Å². The van der Waals surface area contributed by atoms with Gasteiger partial charge in [-0.15, -0.1) is 0 Å². The number of hydrogen-bond donors (Lipinski definition) is 1. The van der Waals surface area contributed by atoms with Crippen LogP contribution in [-0.2, 0) is 0 Å². The van der Waals surface area contributed by atoms with Gasteiger partial charge in [0.05, 0.1) is 0 Å². The molecule has 0 aliphatic rings. The molecule has 38 valence electrons. The molecule has 0 saturated heterocycles. The molecule has 0 spiro atoms. The van der Waals surface area contributed by atoms with Gasteiger partial charge in [0.2, 0.25) is 0 Å². The van der Waals surface area contributed by atoms with Gasteiger partial charge in [0.1, 0.15) is 0 Å². The van der Waals surface area contributed by atoms with Gasteiger partial charge in [-0.2, -0.15) is 0 Å². The molecule has 0 aliphatic heterocycles. The molecule has 0 rings (SSSR count). The SMILES string of the molecule is NCI.[Cl][Pb][Cl]. The Morgan fingerprint density at radius 2 is 1.67 bits per heavy atom. The summed E-state index contributed by atoms with van der Waals surface area (Å²) in [5, 5.41) is 0. The van der Waals surface area contributed by atoms with E-state index in [-0.39, 0.29) is 0 Å². The van der Waals surface area contributed by atoms with E-state index in [1.165, 1.54) is 0 Å². The Balaban J connectivity index is 0. The number of nitrogens with two attached hydrogens (primary N) is 1. The van der Waals surface area contributed by atoms with E-state index in [1.54, 1.807) is 0 Å². The van der Waals surface area contributed by atoms with Crippen LogP contribution in [-0.4, -0.2) is 26.3 Å². The molecule has 0 aromatic rings. The first-order valence-corrected chi connectivity index (χ1v) is 12.2. The summed E-state index contributed by atoms with van der Waals surface area (Å²) in [4.78, 5) is 0. The quantitative estimate of drug-likeness (QED) is 0.265. The van der Waals surface area contributed by atoms with Crippen molar-refractivity contribution in [3.63, 3.8) is 0 Å². The van der Waals surface area contributed by atoms with E-state index in [0.717, 1.165) is 4.55 Å². The fourth-order valence-electron chi connectivity index (χ4n) is 0. The minimum absolute atomic E-state index is 0.720. The first-order valence-electron chi connectivity index (χ1n) is 1.05. The summed E-state index contributed by atoms with van der Waals surface area (Å²) in [6, 6.07) is 0. The van der Waals surface area contributed by atoms with Gasteiger partial charge in [-0.25, -0.2) is 0 Å². The maximum atomic E-state index is 4.96. The zero-order chi connectivity index (χ0) is 5.41. The Morgan fingerprint density at radius 3 is 1.67 bits per heavy atom. The minimum atomic E-state index is -0.972. The van der Waals surface area contributed by atoms with Crippen molar-refractivity contribution in [2.75, 3.05) is 4.55 Å². The molecule has 2 radical (unpaired) electrons. The van der Waals surface area contributed by atoms with Crippen molar-refractivity contribution in [3.8, 4) is 0 Å². The predicted octanol–water partition coefficient (Wildman–Crippen LogP) is 1.34. The molecule has 0 atom stereocenters. The molecule has 0 bridgehead atoms. The Morgan fingerprint density at radius 1 is 1.67 bits per heavy atom. The maximum absolute atomic E-state index is 4.96. The summed E-state index contributed by atoms with van der Waals surface area (Å²) in [6.45, 7) is 0. The number of hydrogen-bond acceptors (Lipinski definition) is 1. The molecular formula is CH4Cl2INPb. The first kappa shape index (κ1) is 11.1. The van der Waals surface area contributed by atoms with Crippen molar-refractivity contribution in [1.82, 2.24) is 0 Å². The van der Waals surface area contributed by atoms with Crippen LogP contribution in [0.2, 0.25) is 0 Å². The standard InChI is InChI=1S/CH4IN.2ClH.Pb/c2-1-3;;;/h1,3H2;2*1H;/q;;;+2/p-2. The number of alkyl halides is 1. The average Bonchev–Trinajstić information content (AvgIpc) is 1.39. The average molecular weight is 435 g/mol. The molecule has 1 nitrogen and oxygen atoms in total. The van der Waals surface area contributed by atoms with Crippen molar-refractivity contribution in [1.29, 1.82) is 0 Å². The van der Waals surface area contributed by atoms with Gasteiger partial charge < -0.3 is 5.73 Å². The summed E-state index contributed by atoms with van der Waals surface area (Å²) in [5.74, 6) is 0. The molecule has 0 heterocycles. The van der Waals surface area contributed by atoms with E-state index in [2.05, 4.69) is 22.6 Å². The molecule has 0 fully saturated rings. The molecule has 0 aromatic heterocycles. The van der Waals surface area contributed by atoms with Gasteiger partial charge >= 0.3 is 38.4 Å². The van der Waals surface area contributed by atoms with Crippen LogP contribution < -0.4 is 5.73 Å². The normalized spacial score (nSPS) is 6.00. The van der Waals surface area contributed by atoms with Crippen LogP contribution in [0, 0.1) is 0 Å². The van der Waals surface area contributed by atoms with Crippen molar-refractivity contribution in [2.24, 2.45) is 5.73 Å². The molecule has 0 unspecified atom stereocenters. The van der Waals surface area contributed by atoms with E-state index in [9.17, 15) is 0 Å². The Bertz CT molecular complexity index is 15.5. The van der Waals surface area contributed by atoms with Crippen LogP contribution in [0.3, 0.4) is 0 Å². The van der Waals surface area contributed by atoms with Gasteiger partial charge in [-0.05, 0) is 0 Å². The summed E-state index contributed by atoms with van der Waals surface area (Å²) < 4.78 is 0.720. The van der Waals surface area contributed by atoms with E-state index >= 15 is 0 Å². The fourth-order valence-corrected chi connectivity index (χ4v) is 0. The van der Waals surface area contributed by atoms with Crippen LogP contribution in [0.25, 0.3) is 0 Å². The second-order valence-electron chi connectivity index (χ2n) is 0.226. The Kier molecular flexibility index (Phi) is 28.9. The molecule has 0 aromatic carbocycles.